The molecule has 2 amide bonds. The molecule has 0 aliphatic carbocycles. The fourth-order valence-electron chi connectivity index (χ4n) is 8.36. The number of benzene rings is 4. The molecule has 2 N–H and O–H groups in total. The van der Waals surface area contributed by atoms with Crippen LogP contribution in [0.3, 0.4) is 0 Å². The Balaban J connectivity index is 0.000000207. The first-order valence-electron chi connectivity index (χ1n) is 21.7. The quantitative estimate of drug-likeness (QED) is 0.0892. The summed E-state index contributed by atoms with van der Waals surface area (Å²) in [6, 6.07) is 23.4. The third-order valence-corrected chi connectivity index (χ3v) is 13.6. The minimum absolute atomic E-state index is 0. The number of piperazine rings is 2. The van der Waals surface area contributed by atoms with E-state index < -0.39 is 0 Å². The Bertz CT molecular complexity index is 2150. The van der Waals surface area contributed by atoms with Crippen LogP contribution < -0.4 is 29.5 Å². The molecule has 0 aromatic heterocycles. The number of anilines is 4. The molecule has 0 atom stereocenters. The van der Waals surface area contributed by atoms with Gasteiger partial charge in [0, 0.05) is 83.0 Å². The summed E-state index contributed by atoms with van der Waals surface area (Å²) < 4.78 is 11.8. The molecule has 15 heteroatoms. The van der Waals surface area contributed by atoms with E-state index in [1.807, 2.05) is 66.7 Å². The van der Waals surface area contributed by atoms with Crippen molar-refractivity contribution < 1.29 is 24.2 Å². The van der Waals surface area contributed by atoms with Gasteiger partial charge in [-0.05, 0) is 99.1 Å². The van der Waals surface area contributed by atoms with Crippen LogP contribution in [0.1, 0.15) is 49.7 Å². The van der Waals surface area contributed by atoms with E-state index in [-0.39, 0.29) is 26.0 Å². The van der Waals surface area contributed by atoms with E-state index in [9.17, 15) is 14.7 Å². The first-order chi connectivity index (χ1) is 30.2. The maximum atomic E-state index is 12.0. The minimum Gasteiger partial charge on any atom is -0.494 e. The van der Waals surface area contributed by atoms with Gasteiger partial charge in [0.2, 0.25) is 11.8 Å². The second-order valence-corrected chi connectivity index (χ2v) is 17.6. The van der Waals surface area contributed by atoms with Crippen LogP contribution in [0.2, 0.25) is 20.1 Å². The molecule has 0 unspecified atom stereocenters. The number of fused-ring (bicyclic) bond motifs is 2. The first kappa shape index (κ1) is 48.5. The Morgan fingerprint density at radius 3 is 1.62 bits per heavy atom. The summed E-state index contributed by atoms with van der Waals surface area (Å²) in [5, 5.41) is 14.9. The molecule has 2 fully saturated rings. The zero-order valence-electron chi connectivity index (χ0n) is 36.1. The van der Waals surface area contributed by atoms with Crippen molar-refractivity contribution >= 4 is 81.0 Å². The monoisotopic (exact) mass is 939 g/mol. The number of aliphatic hydroxyl groups is 1. The Morgan fingerprint density at radius 1 is 0.571 bits per heavy atom. The summed E-state index contributed by atoms with van der Waals surface area (Å²) in [5.41, 5.74) is 5.95. The number of carbonyl (C=O) groups excluding carboxylic acids is 2. The van der Waals surface area contributed by atoms with Crippen molar-refractivity contribution in [3.05, 3.63) is 111 Å². The van der Waals surface area contributed by atoms with Crippen molar-refractivity contribution in [1.82, 2.24) is 9.80 Å². The van der Waals surface area contributed by atoms with E-state index in [2.05, 4.69) is 31.0 Å². The molecule has 0 radical (unpaired) electrons. The van der Waals surface area contributed by atoms with Crippen LogP contribution in [-0.2, 0) is 22.4 Å². The number of rotatable bonds is 15. The van der Waals surface area contributed by atoms with Crippen LogP contribution in [0, 0.1) is 7.43 Å². The molecular weight excluding hydrogens is 882 g/mol. The number of aryl methyl sites for hydroxylation is 2. The molecule has 11 nitrogen and oxygen atoms in total. The van der Waals surface area contributed by atoms with Gasteiger partial charge < -0.3 is 37.1 Å². The molecule has 4 aromatic carbocycles. The predicted molar refractivity (Wildman–Crippen MR) is 259 cm³/mol. The Morgan fingerprint density at radius 2 is 1.08 bits per heavy atom. The third kappa shape index (κ3) is 13.1. The van der Waals surface area contributed by atoms with E-state index >= 15 is 0 Å². The number of carbonyl (C=O) groups is 2. The van der Waals surface area contributed by atoms with Crippen molar-refractivity contribution in [2.45, 2.75) is 51.4 Å². The molecule has 4 aliphatic heterocycles. The fraction of sp³-hybridized carbons (Fsp3) is 0.438. The standard InChI is InChI=1S/C24H29Cl2N3O3.C23H27Cl2N3O2.CH3/c25-20-4-3-5-21(24(20)26)28-13-11-27(12-14-28)10-1-2-15-32-19-8-6-18-7-9-23(31)29(17-30)22(18)16-19;24-19-4-3-5-21(23(19)25)28-13-11-27(12-14-28)10-1-2-15-30-18-8-6-17-7-9-22(29)26-20(17)16-18;/h3-6,8,16,30H,1-2,7,9-15,17H2;3-6,8,16H,1-2,7,9-15H2,(H,26,29);1H3/q;;-1. The summed E-state index contributed by atoms with van der Waals surface area (Å²) in [6.07, 6.45) is 6.63. The predicted octanol–water partition coefficient (Wildman–Crippen LogP) is 9.51. The Kier molecular flexibility index (Phi) is 18.4. The molecule has 63 heavy (non-hydrogen) atoms. The average Bonchev–Trinajstić information content (AvgIpc) is 3.28. The van der Waals surface area contributed by atoms with E-state index in [0.29, 0.717) is 52.6 Å². The van der Waals surface area contributed by atoms with E-state index in [1.54, 1.807) is 0 Å². The average molecular weight is 942 g/mol. The molecule has 4 heterocycles. The van der Waals surface area contributed by atoms with Gasteiger partial charge in [0.05, 0.1) is 50.4 Å². The van der Waals surface area contributed by atoms with Gasteiger partial charge >= 0.3 is 0 Å². The highest BCUT2D eigenvalue weighted by molar-refractivity contribution is 6.44. The highest BCUT2D eigenvalue weighted by Gasteiger charge is 2.25. The maximum absolute atomic E-state index is 12.0. The van der Waals surface area contributed by atoms with Gasteiger partial charge in [-0.1, -0.05) is 70.7 Å². The Labute approximate surface area is 392 Å². The van der Waals surface area contributed by atoms with Gasteiger partial charge in [0.15, 0.2) is 0 Å². The molecule has 0 bridgehead atoms. The molecule has 0 spiro atoms. The minimum atomic E-state index is -0.300. The number of nitrogens with zero attached hydrogens (tertiary/aromatic N) is 5. The zero-order chi connectivity index (χ0) is 43.4. The van der Waals surface area contributed by atoms with Gasteiger partial charge in [0.25, 0.3) is 0 Å². The van der Waals surface area contributed by atoms with Crippen LogP contribution in [-0.4, -0.2) is 112 Å². The Hall–Kier alpha value is -3.94. The van der Waals surface area contributed by atoms with Crippen molar-refractivity contribution in [1.29, 1.82) is 0 Å². The normalized spacial score (nSPS) is 16.6. The number of unbranched alkanes of at least 4 members (excludes halogenated alkanes) is 2. The van der Waals surface area contributed by atoms with Gasteiger partial charge in [-0.25, -0.2) is 0 Å². The largest absolute Gasteiger partial charge is 0.494 e. The lowest BCUT2D eigenvalue weighted by Crippen LogP contribution is -2.46. The third-order valence-electron chi connectivity index (χ3n) is 11.9. The number of halogens is 4. The lowest BCUT2D eigenvalue weighted by atomic mass is 10.0. The number of ether oxygens (including phenoxy) is 2. The van der Waals surface area contributed by atoms with Crippen LogP contribution >= 0.6 is 46.4 Å². The van der Waals surface area contributed by atoms with Crippen LogP contribution in [0.15, 0.2) is 72.8 Å². The number of hydrogen-bond donors (Lipinski definition) is 2. The molecule has 4 aliphatic rings. The summed E-state index contributed by atoms with van der Waals surface area (Å²) in [6.45, 7) is 11.0. The summed E-state index contributed by atoms with van der Waals surface area (Å²) >= 11 is 25.0. The maximum Gasteiger partial charge on any atom is 0.229 e. The molecule has 2 saturated heterocycles. The molecule has 4 aromatic rings. The first-order valence-corrected chi connectivity index (χ1v) is 23.2. The molecule has 0 saturated carbocycles. The molecular formula is C48H59Cl4N6O5-. The van der Waals surface area contributed by atoms with Crippen LogP contribution in [0.25, 0.3) is 0 Å². The van der Waals surface area contributed by atoms with Crippen molar-refractivity contribution in [3.63, 3.8) is 0 Å². The van der Waals surface area contributed by atoms with Crippen molar-refractivity contribution in [2.24, 2.45) is 0 Å². The number of amides is 2. The highest BCUT2D eigenvalue weighted by atomic mass is 35.5. The summed E-state index contributed by atoms with van der Waals surface area (Å²) in [5.74, 6) is 1.60. The lowest BCUT2D eigenvalue weighted by molar-refractivity contribution is -0.119. The van der Waals surface area contributed by atoms with E-state index in [1.165, 1.54) is 10.5 Å². The van der Waals surface area contributed by atoms with Crippen molar-refractivity contribution in [2.75, 3.05) is 105 Å². The van der Waals surface area contributed by atoms with Gasteiger partial charge in [-0.15, -0.1) is 0 Å². The highest BCUT2D eigenvalue weighted by Crippen LogP contribution is 2.35. The van der Waals surface area contributed by atoms with Gasteiger partial charge in [-0.3, -0.25) is 24.3 Å². The van der Waals surface area contributed by atoms with Crippen LogP contribution in [0.5, 0.6) is 11.5 Å². The summed E-state index contributed by atoms with van der Waals surface area (Å²) in [4.78, 5) is 34.5. The number of nitrogens with one attached hydrogen (secondary N) is 1. The second-order valence-electron chi connectivity index (χ2n) is 16.0. The second kappa shape index (κ2) is 23.8. The smallest absolute Gasteiger partial charge is 0.229 e. The van der Waals surface area contributed by atoms with Crippen LogP contribution in [0.4, 0.5) is 22.7 Å². The molecule has 340 valence electrons. The SMILES string of the molecule is O=C1CCc2ccc(OCCCCN3CCN(c4cccc(Cl)c4Cl)CC3)cc2N1.O=C1CCc2ccc(OCCCCN3CCN(c4cccc(Cl)c4Cl)CC3)cc2N1CO.[CH3-]. The topological polar surface area (TPSA) is 101 Å². The zero-order valence-corrected chi connectivity index (χ0v) is 39.1. The van der Waals surface area contributed by atoms with Gasteiger partial charge in [-0.2, -0.15) is 0 Å². The summed E-state index contributed by atoms with van der Waals surface area (Å²) in [7, 11) is 0. The van der Waals surface area contributed by atoms with Gasteiger partial charge in [0.1, 0.15) is 18.2 Å². The fourth-order valence-corrected chi connectivity index (χ4v) is 9.19. The van der Waals surface area contributed by atoms with Crippen molar-refractivity contribution in [3.8, 4) is 11.5 Å². The molecule has 8 rings (SSSR count). The number of hydrogen-bond acceptors (Lipinski definition) is 9. The number of aliphatic hydroxyl groups excluding tert-OH is 1. The lowest BCUT2D eigenvalue weighted by Gasteiger charge is -2.36. The van der Waals surface area contributed by atoms with E-state index in [4.69, 9.17) is 55.9 Å². The van der Waals surface area contributed by atoms with E-state index in [0.717, 1.165) is 137 Å².